The second-order valence-electron chi connectivity index (χ2n) is 4.31. The molecule has 1 fully saturated rings. The standard InChI is InChI=1S/C11H22N2O2/c1-13(2)11(14)4-7-12-6-3-10-5-8-15-9-10/h10,12H,3-9H2,1-2H3. The van der Waals surface area contributed by atoms with E-state index in [1.807, 2.05) is 0 Å². The van der Waals surface area contributed by atoms with E-state index < -0.39 is 0 Å². The van der Waals surface area contributed by atoms with Gasteiger partial charge in [-0.15, -0.1) is 0 Å². The maximum absolute atomic E-state index is 11.2. The molecule has 0 aliphatic carbocycles. The van der Waals surface area contributed by atoms with E-state index in [0.717, 1.165) is 38.6 Å². The first-order valence-electron chi connectivity index (χ1n) is 5.68. The van der Waals surface area contributed by atoms with Gasteiger partial charge < -0.3 is 15.0 Å². The lowest BCUT2D eigenvalue weighted by Crippen LogP contribution is -2.27. The number of ether oxygens (including phenoxy) is 1. The molecule has 1 unspecified atom stereocenters. The minimum Gasteiger partial charge on any atom is -0.381 e. The third-order valence-corrected chi connectivity index (χ3v) is 2.77. The Hall–Kier alpha value is -0.610. The molecule has 1 atom stereocenters. The fraction of sp³-hybridized carbons (Fsp3) is 0.909. The lowest BCUT2D eigenvalue weighted by molar-refractivity contribution is -0.128. The first kappa shape index (κ1) is 12.5. The Morgan fingerprint density at radius 2 is 2.27 bits per heavy atom. The number of amides is 1. The van der Waals surface area contributed by atoms with Crippen LogP contribution in [-0.2, 0) is 9.53 Å². The van der Waals surface area contributed by atoms with Crippen molar-refractivity contribution >= 4 is 5.91 Å². The summed E-state index contributed by atoms with van der Waals surface area (Å²) in [5.74, 6) is 0.911. The van der Waals surface area contributed by atoms with Gasteiger partial charge in [-0.1, -0.05) is 0 Å². The lowest BCUT2D eigenvalue weighted by Gasteiger charge is -2.11. The van der Waals surface area contributed by atoms with Gasteiger partial charge in [0.15, 0.2) is 0 Å². The van der Waals surface area contributed by atoms with Crippen LogP contribution in [0.15, 0.2) is 0 Å². The molecule has 0 saturated carbocycles. The van der Waals surface area contributed by atoms with Gasteiger partial charge in [0.2, 0.25) is 5.91 Å². The SMILES string of the molecule is CN(C)C(=O)CCNCCC1CCOC1. The zero-order chi connectivity index (χ0) is 11.1. The number of carbonyl (C=O) groups excluding carboxylic acids is 1. The second-order valence-corrected chi connectivity index (χ2v) is 4.31. The summed E-state index contributed by atoms with van der Waals surface area (Å²) in [6, 6.07) is 0. The molecule has 0 aromatic rings. The fourth-order valence-corrected chi connectivity index (χ4v) is 1.66. The van der Waals surface area contributed by atoms with E-state index in [1.165, 1.54) is 6.42 Å². The molecular weight excluding hydrogens is 192 g/mol. The van der Waals surface area contributed by atoms with E-state index in [0.29, 0.717) is 6.42 Å². The lowest BCUT2D eigenvalue weighted by atomic mass is 10.1. The maximum Gasteiger partial charge on any atom is 0.223 e. The Kier molecular flexibility index (Phi) is 5.65. The van der Waals surface area contributed by atoms with E-state index in [-0.39, 0.29) is 5.91 Å². The molecule has 0 radical (unpaired) electrons. The highest BCUT2D eigenvalue weighted by atomic mass is 16.5. The Morgan fingerprint density at radius 1 is 1.47 bits per heavy atom. The highest BCUT2D eigenvalue weighted by molar-refractivity contribution is 5.75. The van der Waals surface area contributed by atoms with Crippen molar-refractivity contribution < 1.29 is 9.53 Å². The number of nitrogens with one attached hydrogen (secondary N) is 1. The molecule has 1 saturated heterocycles. The Labute approximate surface area is 92.0 Å². The Balaban J connectivity index is 1.90. The predicted octanol–water partition coefficient (Wildman–Crippen LogP) is 0.481. The van der Waals surface area contributed by atoms with Crippen molar-refractivity contribution in [3.8, 4) is 0 Å². The number of rotatable bonds is 6. The molecule has 1 heterocycles. The van der Waals surface area contributed by atoms with Crippen LogP contribution in [0.2, 0.25) is 0 Å². The largest absolute Gasteiger partial charge is 0.381 e. The normalized spacial score (nSPS) is 20.5. The van der Waals surface area contributed by atoms with Gasteiger partial charge in [0, 0.05) is 40.3 Å². The molecule has 1 rings (SSSR count). The van der Waals surface area contributed by atoms with E-state index in [9.17, 15) is 4.79 Å². The van der Waals surface area contributed by atoms with Gasteiger partial charge in [0.05, 0.1) is 0 Å². The molecule has 1 amide bonds. The average Bonchev–Trinajstić information content (AvgIpc) is 2.69. The van der Waals surface area contributed by atoms with Gasteiger partial charge in [-0.3, -0.25) is 4.79 Å². The Morgan fingerprint density at radius 3 is 2.87 bits per heavy atom. The molecular formula is C11H22N2O2. The van der Waals surface area contributed by atoms with Crippen LogP contribution in [0.3, 0.4) is 0 Å². The minimum absolute atomic E-state index is 0.187. The molecule has 1 aliphatic rings. The molecule has 0 aromatic heterocycles. The highest BCUT2D eigenvalue weighted by Crippen LogP contribution is 2.14. The second kappa shape index (κ2) is 6.80. The Bertz CT molecular complexity index is 189. The van der Waals surface area contributed by atoms with Crippen LogP contribution in [-0.4, -0.2) is 51.2 Å². The van der Waals surface area contributed by atoms with Crippen LogP contribution in [0, 0.1) is 5.92 Å². The summed E-state index contributed by atoms with van der Waals surface area (Å²) in [6.45, 7) is 3.61. The van der Waals surface area contributed by atoms with Crippen molar-refractivity contribution in [1.29, 1.82) is 0 Å². The molecule has 0 bridgehead atoms. The van der Waals surface area contributed by atoms with Crippen molar-refractivity contribution in [2.75, 3.05) is 40.4 Å². The van der Waals surface area contributed by atoms with Crippen molar-refractivity contribution in [2.24, 2.45) is 5.92 Å². The third kappa shape index (κ3) is 5.14. The average molecular weight is 214 g/mol. The number of carbonyl (C=O) groups is 1. The van der Waals surface area contributed by atoms with Crippen LogP contribution in [0.5, 0.6) is 0 Å². The van der Waals surface area contributed by atoms with Crippen molar-refractivity contribution in [1.82, 2.24) is 10.2 Å². The van der Waals surface area contributed by atoms with Crippen molar-refractivity contribution in [2.45, 2.75) is 19.3 Å². The van der Waals surface area contributed by atoms with Crippen LogP contribution in [0.1, 0.15) is 19.3 Å². The van der Waals surface area contributed by atoms with E-state index in [2.05, 4.69) is 5.32 Å². The first-order valence-corrected chi connectivity index (χ1v) is 5.68. The molecule has 15 heavy (non-hydrogen) atoms. The van der Waals surface area contributed by atoms with Gasteiger partial charge in [-0.05, 0) is 25.3 Å². The third-order valence-electron chi connectivity index (χ3n) is 2.77. The van der Waals surface area contributed by atoms with Crippen molar-refractivity contribution in [3.63, 3.8) is 0 Å². The number of hydrogen-bond acceptors (Lipinski definition) is 3. The first-order chi connectivity index (χ1) is 7.20. The van der Waals surface area contributed by atoms with Crippen LogP contribution in [0.4, 0.5) is 0 Å². The van der Waals surface area contributed by atoms with E-state index in [1.54, 1.807) is 19.0 Å². The monoisotopic (exact) mass is 214 g/mol. The summed E-state index contributed by atoms with van der Waals surface area (Å²) in [6.07, 6.45) is 2.95. The molecule has 1 aliphatic heterocycles. The quantitative estimate of drug-likeness (QED) is 0.654. The van der Waals surface area contributed by atoms with E-state index in [4.69, 9.17) is 4.74 Å². The molecule has 4 nitrogen and oxygen atoms in total. The molecule has 1 N–H and O–H groups in total. The van der Waals surface area contributed by atoms with Gasteiger partial charge in [-0.2, -0.15) is 0 Å². The summed E-state index contributed by atoms with van der Waals surface area (Å²) in [7, 11) is 3.58. The van der Waals surface area contributed by atoms with Gasteiger partial charge in [-0.25, -0.2) is 0 Å². The minimum atomic E-state index is 0.187. The van der Waals surface area contributed by atoms with Gasteiger partial charge >= 0.3 is 0 Å². The van der Waals surface area contributed by atoms with Crippen LogP contribution >= 0.6 is 0 Å². The predicted molar refractivity (Wildman–Crippen MR) is 59.7 cm³/mol. The fourth-order valence-electron chi connectivity index (χ4n) is 1.66. The summed E-state index contributed by atoms with van der Waals surface area (Å²) < 4.78 is 5.30. The van der Waals surface area contributed by atoms with E-state index >= 15 is 0 Å². The van der Waals surface area contributed by atoms with Crippen molar-refractivity contribution in [3.05, 3.63) is 0 Å². The zero-order valence-corrected chi connectivity index (χ0v) is 9.79. The molecule has 88 valence electrons. The van der Waals surface area contributed by atoms with Gasteiger partial charge in [0.25, 0.3) is 0 Å². The van der Waals surface area contributed by atoms with Crippen LogP contribution < -0.4 is 5.32 Å². The number of hydrogen-bond donors (Lipinski definition) is 1. The number of nitrogens with zero attached hydrogens (tertiary/aromatic N) is 1. The molecule has 0 spiro atoms. The molecule has 4 heteroatoms. The van der Waals surface area contributed by atoms with Crippen LogP contribution in [0.25, 0.3) is 0 Å². The maximum atomic E-state index is 11.2. The summed E-state index contributed by atoms with van der Waals surface area (Å²) in [5, 5.41) is 3.30. The van der Waals surface area contributed by atoms with Gasteiger partial charge in [0.1, 0.15) is 0 Å². The smallest absolute Gasteiger partial charge is 0.223 e. The topological polar surface area (TPSA) is 41.6 Å². The summed E-state index contributed by atoms with van der Waals surface area (Å²) in [4.78, 5) is 12.9. The molecule has 0 aromatic carbocycles. The highest BCUT2D eigenvalue weighted by Gasteiger charge is 2.14. The summed E-state index contributed by atoms with van der Waals surface area (Å²) in [5.41, 5.74) is 0. The summed E-state index contributed by atoms with van der Waals surface area (Å²) >= 11 is 0. The zero-order valence-electron chi connectivity index (χ0n) is 9.79.